The predicted molar refractivity (Wildman–Crippen MR) is 223 cm³/mol. The zero-order chi connectivity index (χ0) is 46.6. The SMILES string of the molecule is COc1cc(OC)c(C2OCC(C)(COC(=O)/C=C/C(=O)OC(C)(C)COC(C)(C)C(=O)/C=C/C(=O)OCC3(C)COC(c4c(OC)cc(OC)cc4OC)OC3)CO2)c(OC)c1. The minimum Gasteiger partial charge on any atom is -0.496 e. The third kappa shape index (κ3) is 13.8. The molecule has 0 saturated carbocycles. The molecule has 0 atom stereocenters. The largest absolute Gasteiger partial charge is 0.496 e. The average molecular weight is 889 g/mol. The molecule has 0 aromatic heterocycles. The average Bonchev–Trinajstić information content (AvgIpc) is 3.27. The number of carbonyl (C=O) groups excluding carboxylic acids is 4. The molecule has 0 radical (unpaired) electrons. The first-order chi connectivity index (χ1) is 29.7. The van der Waals surface area contributed by atoms with E-state index in [1.807, 2.05) is 13.8 Å². The molecule has 2 aromatic carbocycles. The monoisotopic (exact) mass is 888 g/mol. The van der Waals surface area contributed by atoms with Gasteiger partial charge >= 0.3 is 17.9 Å². The fourth-order valence-electron chi connectivity index (χ4n) is 6.15. The molecule has 2 fully saturated rings. The van der Waals surface area contributed by atoms with E-state index in [-0.39, 0.29) is 46.2 Å². The second-order valence-corrected chi connectivity index (χ2v) is 16.6. The van der Waals surface area contributed by atoms with Crippen LogP contribution in [0.25, 0.3) is 0 Å². The summed E-state index contributed by atoms with van der Waals surface area (Å²) in [4.78, 5) is 50.8. The third-order valence-corrected chi connectivity index (χ3v) is 9.91. The molecule has 0 unspecified atom stereocenters. The Bertz CT molecular complexity index is 1920. The minimum atomic E-state index is -1.41. The van der Waals surface area contributed by atoms with Gasteiger partial charge in [0.1, 0.15) is 58.9 Å². The van der Waals surface area contributed by atoms with Gasteiger partial charge in [0.05, 0.1) is 86.8 Å². The van der Waals surface area contributed by atoms with Crippen molar-refractivity contribution in [1.82, 2.24) is 0 Å². The molecule has 0 aliphatic carbocycles. The van der Waals surface area contributed by atoms with E-state index in [4.69, 9.17) is 66.3 Å². The maximum atomic E-state index is 13.0. The Morgan fingerprint density at radius 3 is 1.27 bits per heavy atom. The quantitative estimate of drug-likeness (QED) is 0.0873. The third-order valence-electron chi connectivity index (χ3n) is 9.91. The van der Waals surface area contributed by atoms with Gasteiger partial charge in [0.2, 0.25) is 0 Å². The Kier molecular flexibility index (Phi) is 17.4. The highest BCUT2D eigenvalue weighted by molar-refractivity contribution is 6.00. The van der Waals surface area contributed by atoms with Crippen LogP contribution in [-0.4, -0.2) is 124 Å². The van der Waals surface area contributed by atoms with E-state index in [9.17, 15) is 19.2 Å². The summed E-state index contributed by atoms with van der Waals surface area (Å²) in [5, 5.41) is 0. The molecule has 2 aromatic rings. The first-order valence-electron chi connectivity index (χ1n) is 19.9. The lowest BCUT2D eigenvalue weighted by molar-refractivity contribution is -0.239. The van der Waals surface area contributed by atoms with Gasteiger partial charge in [-0.25, -0.2) is 14.4 Å². The van der Waals surface area contributed by atoms with Crippen LogP contribution in [-0.2, 0) is 57.1 Å². The van der Waals surface area contributed by atoms with E-state index in [0.717, 1.165) is 24.3 Å². The van der Waals surface area contributed by atoms with Crippen molar-refractivity contribution in [2.75, 3.05) is 88.9 Å². The van der Waals surface area contributed by atoms with Gasteiger partial charge < -0.3 is 66.3 Å². The number of ketones is 1. The Labute approximate surface area is 367 Å². The maximum Gasteiger partial charge on any atom is 0.331 e. The molecule has 0 bridgehead atoms. The summed E-state index contributed by atoms with van der Waals surface area (Å²) in [5.74, 6) is 0.00207. The summed E-state index contributed by atoms with van der Waals surface area (Å²) >= 11 is 0. The van der Waals surface area contributed by atoms with E-state index >= 15 is 0 Å². The summed E-state index contributed by atoms with van der Waals surface area (Å²) in [6, 6.07) is 6.77. The highest BCUT2D eigenvalue weighted by atomic mass is 16.7. The van der Waals surface area contributed by atoms with Gasteiger partial charge in [-0.1, -0.05) is 13.8 Å². The fourth-order valence-corrected chi connectivity index (χ4v) is 6.15. The van der Waals surface area contributed by atoms with Crippen molar-refractivity contribution in [3.8, 4) is 34.5 Å². The zero-order valence-corrected chi connectivity index (χ0v) is 38.1. The summed E-state index contributed by atoms with van der Waals surface area (Å²) in [6.07, 6.45) is 2.35. The number of rotatable bonds is 21. The van der Waals surface area contributed by atoms with E-state index in [0.29, 0.717) is 45.6 Å². The number of methoxy groups -OCH3 is 6. The fraction of sp³-hybridized carbons (Fsp3) is 0.556. The molecule has 18 nitrogen and oxygen atoms in total. The second-order valence-electron chi connectivity index (χ2n) is 16.6. The summed E-state index contributed by atoms with van der Waals surface area (Å²) in [7, 11) is 9.12. The van der Waals surface area contributed by atoms with Crippen molar-refractivity contribution in [2.45, 2.75) is 65.3 Å². The molecule has 63 heavy (non-hydrogen) atoms. The van der Waals surface area contributed by atoms with Crippen LogP contribution >= 0.6 is 0 Å². The highest BCUT2D eigenvalue weighted by Gasteiger charge is 2.39. The van der Waals surface area contributed by atoms with Crippen molar-refractivity contribution in [3.63, 3.8) is 0 Å². The van der Waals surface area contributed by atoms with Gasteiger partial charge in [-0.05, 0) is 33.8 Å². The number of hydrogen-bond donors (Lipinski definition) is 0. The maximum absolute atomic E-state index is 13.0. The lowest BCUT2D eigenvalue weighted by Gasteiger charge is -2.37. The molecule has 0 amide bonds. The van der Waals surface area contributed by atoms with E-state index < -0.39 is 58.3 Å². The van der Waals surface area contributed by atoms with Crippen LogP contribution in [0.15, 0.2) is 48.6 Å². The number of benzene rings is 2. The number of ether oxygens (including phenoxy) is 14. The normalized spacial score (nSPS) is 21.7. The van der Waals surface area contributed by atoms with Gasteiger partial charge in [0.15, 0.2) is 18.4 Å². The smallest absolute Gasteiger partial charge is 0.331 e. The van der Waals surface area contributed by atoms with Crippen molar-refractivity contribution >= 4 is 23.7 Å². The van der Waals surface area contributed by atoms with Gasteiger partial charge in [0, 0.05) is 53.3 Å². The Morgan fingerprint density at radius 1 is 0.571 bits per heavy atom. The van der Waals surface area contributed by atoms with Crippen LogP contribution in [0.5, 0.6) is 34.5 Å². The van der Waals surface area contributed by atoms with Crippen molar-refractivity contribution in [1.29, 1.82) is 0 Å². The molecular formula is C45H60O18. The van der Waals surface area contributed by atoms with Gasteiger partial charge in [-0.15, -0.1) is 0 Å². The lowest BCUT2D eigenvalue weighted by Crippen LogP contribution is -2.41. The van der Waals surface area contributed by atoms with Crippen LogP contribution in [0.4, 0.5) is 0 Å². The summed E-state index contributed by atoms with van der Waals surface area (Å²) < 4.78 is 78.8. The Hall–Kier alpha value is -5.40. The van der Waals surface area contributed by atoms with Crippen molar-refractivity contribution in [2.24, 2.45) is 10.8 Å². The summed E-state index contributed by atoms with van der Waals surface area (Å²) in [6.45, 7) is 10.2. The van der Waals surface area contributed by atoms with Crippen molar-refractivity contribution < 1.29 is 85.5 Å². The standard InChI is InChI=1S/C45H60O18/c1-42(2,63-37(49)16-15-36(48)57-23-45(6)26-60-41(61-27-45)39-32(54-11)19-29(51-8)20-33(39)55-12)21-62-43(3,4)34(46)13-14-35(47)56-22-44(5)24-58-40(59-25-44)38-30(52-9)17-28(50-7)18-31(38)53-10/h13-20,40-41H,21-27H2,1-12H3/b14-13+,16-15+. The first-order valence-corrected chi connectivity index (χ1v) is 19.9. The molecule has 18 heteroatoms. The molecule has 348 valence electrons. The second kappa shape index (κ2) is 21.8. The molecule has 2 saturated heterocycles. The van der Waals surface area contributed by atoms with Gasteiger partial charge in [0.25, 0.3) is 0 Å². The number of carbonyl (C=O) groups is 4. The molecule has 0 spiro atoms. The number of hydrogen-bond acceptors (Lipinski definition) is 18. The molecule has 0 N–H and O–H groups in total. The molecule has 2 aliphatic heterocycles. The van der Waals surface area contributed by atoms with Crippen LogP contribution in [0, 0.1) is 10.8 Å². The van der Waals surface area contributed by atoms with E-state index in [2.05, 4.69) is 0 Å². The van der Waals surface area contributed by atoms with Gasteiger partial charge in [-0.2, -0.15) is 0 Å². The summed E-state index contributed by atoms with van der Waals surface area (Å²) in [5.41, 5.74) is -2.90. The lowest BCUT2D eigenvalue weighted by atomic mass is 9.93. The zero-order valence-electron chi connectivity index (χ0n) is 38.1. The molecular weight excluding hydrogens is 828 g/mol. The van der Waals surface area contributed by atoms with Crippen LogP contribution < -0.4 is 28.4 Å². The minimum absolute atomic E-state index is 0.0536. The molecule has 2 aliphatic rings. The predicted octanol–water partition coefficient (Wildman–Crippen LogP) is 5.43. The Morgan fingerprint density at radius 2 is 0.921 bits per heavy atom. The molecule has 2 heterocycles. The highest BCUT2D eigenvalue weighted by Crippen LogP contribution is 2.44. The number of esters is 3. The molecule has 4 rings (SSSR count). The Balaban J connectivity index is 1.18. The topological polar surface area (TPSA) is 197 Å². The van der Waals surface area contributed by atoms with Crippen LogP contribution in [0.2, 0.25) is 0 Å². The van der Waals surface area contributed by atoms with Crippen molar-refractivity contribution in [3.05, 3.63) is 59.7 Å². The van der Waals surface area contributed by atoms with E-state index in [1.54, 1.807) is 38.1 Å². The van der Waals surface area contributed by atoms with Gasteiger partial charge in [-0.3, -0.25) is 4.79 Å². The van der Waals surface area contributed by atoms with E-state index in [1.165, 1.54) is 56.5 Å². The first kappa shape index (κ1) is 50.2. The van der Waals surface area contributed by atoms with Crippen LogP contribution in [0.3, 0.4) is 0 Å². The van der Waals surface area contributed by atoms with Crippen LogP contribution in [0.1, 0.15) is 65.2 Å².